The Labute approximate surface area is 86.2 Å². The Morgan fingerprint density at radius 3 is 2.36 bits per heavy atom. The van der Waals surface area contributed by atoms with Crippen LogP contribution in [0, 0.1) is 0 Å². The lowest BCUT2D eigenvalue weighted by Crippen LogP contribution is -2.49. The third kappa shape index (κ3) is 2.98. The van der Waals surface area contributed by atoms with Crippen LogP contribution in [0.3, 0.4) is 0 Å². The molecule has 0 radical (unpaired) electrons. The number of rotatable bonds is 4. The van der Waals surface area contributed by atoms with Gasteiger partial charge in [0.05, 0.1) is 13.6 Å². The Kier molecular flexibility index (Phi) is 3.44. The Morgan fingerprint density at radius 2 is 1.93 bits per heavy atom. The van der Waals surface area contributed by atoms with Gasteiger partial charge in [-0.3, -0.25) is 0 Å². The Morgan fingerprint density at radius 1 is 1.36 bits per heavy atom. The molecule has 0 fully saturated rings. The first-order chi connectivity index (χ1) is 6.57. The maximum atomic E-state index is 6.04. The molecule has 2 heteroatoms. The fourth-order valence-corrected chi connectivity index (χ4v) is 1.29. The van der Waals surface area contributed by atoms with Crippen molar-refractivity contribution in [3.63, 3.8) is 0 Å². The first-order valence-electron chi connectivity index (χ1n) is 4.92. The summed E-state index contributed by atoms with van der Waals surface area (Å²) in [5.74, 6) is 6.04. The molecule has 2 nitrogen and oxygen atoms in total. The number of hydrogen-bond donors (Lipinski definition) is 1. The van der Waals surface area contributed by atoms with Gasteiger partial charge >= 0.3 is 0 Å². The molecule has 14 heavy (non-hydrogen) atoms. The molecule has 0 aliphatic carbocycles. The largest absolute Gasteiger partial charge is 0.247 e. The van der Waals surface area contributed by atoms with Crippen molar-refractivity contribution in [2.45, 2.75) is 13.5 Å². The Balaban J connectivity index is 2.73. The second kappa shape index (κ2) is 4.40. The SMILES string of the molecule is C=Cc1ccc(C[N@@+](C)(N)CC)cc1. The van der Waals surface area contributed by atoms with Gasteiger partial charge in [0.1, 0.15) is 6.54 Å². The van der Waals surface area contributed by atoms with E-state index in [9.17, 15) is 0 Å². The molecule has 76 valence electrons. The minimum absolute atomic E-state index is 0.535. The van der Waals surface area contributed by atoms with Crippen LogP contribution in [-0.2, 0) is 6.54 Å². The van der Waals surface area contributed by atoms with Gasteiger partial charge in [0.2, 0.25) is 0 Å². The smallest absolute Gasteiger partial charge is 0.121 e. The van der Waals surface area contributed by atoms with Crippen LogP contribution in [0.2, 0.25) is 0 Å². The molecule has 0 amide bonds. The summed E-state index contributed by atoms with van der Waals surface area (Å²) < 4.78 is 0.535. The lowest BCUT2D eigenvalue weighted by atomic mass is 10.1. The third-order valence-corrected chi connectivity index (χ3v) is 2.48. The van der Waals surface area contributed by atoms with Crippen LogP contribution in [0.25, 0.3) is 6.08 Å². The number of nitrogens with two attached hydrogens (primary N) is 1. The zero-order valence-electron chi connectivity index (χ0n) is 9.03. The highest BCUT2D eigenvalue weighted by Crippen LogP contribution is 2.09. The summed E-state index contributed by atoms with van der Waals surface area (Å²) in [6.07, 6.45) is 1.85. The first-order valence-corrected chi connectivity index (χ1v) is 4.92. The Bertz CT molecular complexity index is 299. The van der Waals surface area contributed by atoms with Crippen molar-refractivity contribution in [2.75, 3.05) is 13.6 Å². The summed E-state index contributed by atoms with van der Waals surface area (Å²) in [4.78, 5) is 0. The van der Waals surface area contributed by atoms with E-state index < -0.39 is 0 Å². The average molecular weight is 191 g/mol. The van der Waals surface area contributed by atoms with Crippen molar-refractivity contribution in [1.82, 2.24) is 0 Å². The molecule has 1 aromatic rings. The molecule has 1 atom stereocenters. The van der Waals surface area contributed by atoms with Gasteiger partial charge in [0, 0.05) is 5.56 Å². The molecule has 1 aromatic carbocycles. The zero-order valence-corrected chi connectivity index (χ0v) is 9.03. The van der Waals surface area contributed by atoms with E-state index in [0.717, 1.165) is 18.7 Å². The number of benzene rings is 1. The third-order valence-electron chi connectivity index (χ3n) is 2.48. The summed E-state index contributed by atoms with van der Waals surface area (Å²) >= 11 is 0. The van der Waals surface area contributed by atoms with E-state index in [4.69, 9.17) is 5.84 Å². The molecule has 0 saturated carbocycles. The summed E-state index contributed by atoms with van der Waals surface area (Å²) in [5.41, 5.74) is 2.42. The van der Waals surface area contributed by atoms with Gasteiger partial charge < -0.3 is 0 Å². The van der Waals surface area contributed by atoms with Gasteiger partial charge in [0.25, 0.3) is 0 Å². The van der Waals surface area contributed by atoms with Crippen LogP contribution in [0.1, 0.15) is 18.1 Å². The van der Waals surface area contributed by atoms with E-state index in [1.54, 1.807) is 0 Å². The molecule has 0 unspecified atom stereocenters. The fourth-order valence-electron chi connectivity index (χ4n) is 1.29. The minimum atomic E-state index is 0.535. The highest BCUT2D eigenvalue weighted by atomic mass is 15.6. The van der Waals surface area contributed by atoms with Gasteiger partial charge in [-0.05, 0) is 12.5 Å². The lowest BCUT2D eigenvalue weighted by Gasteiger charge is -2.26. The molecule has 0 aliphatic rings. The normalized spacial score (nSPS) is 14.8. The molecule has 0 bridgehead atoms. The summed E-state index contributed by atoms with van der Waals surface area (Å²) in [5, 5.41) is 0. The number of hydrogen-bond acceptors (Lipinski definition) is 1. The van der Waals surface area contributed by atoms with Crippen LogP contribution < -0.4 is 5.84 Å². The monoisotopic (exact) mass is 191 g/mol. The molecular weight excluding hydrogens is 172 g/mol. The number of quaternary nitrogens is 1. The zero-order chi connectivity index (χ0) is 10.6. The first kappa shape index (κ1) is 11.0. The van der Waals surface area contributed by atoms with E-state index in [-0.39, 0.29) is 0 Å². The highest BCUT2D eigenvalue weighted by Gasteiger charge is 2.13. The second-order valence-electron chi connectivity index (χ2n) is 3.90. The van der Waals surface area contributed by atoms with E-state index in [2.05, 4.69) is 37.8 Å². The van der Waals surface area contributed by atoms with E-state index in [1.165, 1.54) is 5.56 Å². The van der Waals surface area contributed by atoms with Gasteiger partial charge in [-0.15, -0.1) is 0 Å². The molecule has 0 heterocycles. The fraction of sp³-hybridized carbons (Fsp3) is 0.333. The van der Waals surface area contributed by atoms with Gasteiger partial charge in [0.15, 0.2) is 0 Å². The van der Waals surface area contributed by atoms with Crippen molar-refractivity contribution in [1.29, 1.82) is 0 Å². The van der Waals surface area contributed by atoms with Crippen LogP contribution in [-0.4, -0.2) is 18.2 Å². The molecule has 0 spiro atoms. The van der Waals surface area contributed by atoms with Crippen LogP contribution in [0.4, 0.5) is 0 Å². The van der Waals surface area contributed by atoms with Crippen molar-refractivity contribution in [3.8, 4) is 0 Å². The standard InChI is InChI=1S/C12H19N2/c1-4-11-6-8-12(9-7-11)10-14(3,13)5-2/h4,6-9H,1,5,10,13H2,2-3H3/q+1/t14-/m0/s1. The summed E-state index contributed by atoms with van der Waals surface area (Å²) in [6, 6.07) is 8.35. The molecule has 1 rings (SSSR count). The quantitative estimate of drug-likeness (QED) is 0.440. The van der Waals surface area contributed by atoms with Crippen molar-refractivity contribution < 1.29 is 4.59 Å². The van der Waals surface area contributed by atoms with Gasteiger partial charge in [-0.2, -0.15) is 5.84 Å². The minimum Gasteiger partial charge on any atom is -0.247 e. The molecule has 0 aromatic heterocycles. The van der Waals surface area contributed by atoms with Crippen molar-refractivity contribution >= 4 is 6.08 Å². The summed E-state index contributed by atoms with van der Waals surface area (Å²) in [6.45, 7) is 7.62. The second-order valence-corrected chi connectivity index (χ2v) is 3.90. The maximum absolute atomic E-state index is 6.04. The molecule has 0 aliphatic heterocycles. The van der Waals surface area contributed by atoms with Gasteiger partial charge in [-0.25, -0.2) is 4.59 Å². The van der Waals surface area contributed by atoms with E-state index >= 15 is 0 Å². The van der Waals surface area contributed by atoms with Crippen molar-refractivity contribution in [3.05, 3.63) is 42.0 Å². The predicted octanol–water partition coefficient (Wildman–Crippen LogP) is 2.17. The van der Waals surface area contributed by atoms with E-state index in [0.29, 0.717) is 4.59 Å². The Hall–Kier alpha value is -1.12. The number of nitrogens with zero attached hydrogens (tertiary/aromatic N) is 1. The van der Waals surface area contributed by atoms with Crippen LogP contribution in [0.5, 0.6) is 0 Å². The topological polar surface area (TPSA) is 26.0 Å². The average Bonchev–Trinajstić information content (AvgIpc) is 2.19. The van der Waals surface area contributed by atoms with Crippen molar-refractivity contribution in [2.24, 2.45) is 5.84 Å². The lowest BCUT2D eigenvalue weighted by molar-refractivity contribution is -0.932. The van der Waals surface area contributed by atoms with Crippen LogP contribution >= 0.6 is 0 Å². The highest BCUT2D eigenvalue weighted by molar-refractivity contribution is 5.47. The molecule has 0 saturated heterocycles. The van der Waals surface area contributed by atoms with Crippen LogP contribution in [0.15, 0.2) is 30.8 Å². The van der Waals surface area contributed by atoms with Gasteiger partial charge in [-0.1, -0.05) is 36.9 Å². The predicted molar refractivity (Wildman–Crippen MR) is 61.1 cm³/mol. The maximum Gasteiger partial charge on any atom is 0.121 e. The summed E-state index contributed by atoms with van der Waals surface area (Å²) in [7, 11) is 2.03. The molecular formula is C12H19N2+. The molecule has 2 N–H and O–H groups in total. The van der Waals surface area contributed by atoms with E-state index in [1.807, 2.05) is 13.1 Å².